The molecule has 4 heterocycles. The lowest BCUT2D eigenvalue weighted by Gasteiger charge is -2.25. The molecule has 1 N–H and O–H groups in total. The maximum absolute atomic E-state index is 13.9. The van der Waals surface area contributed by atoms with Gasteiger partial charge in [0.2, 0.25) is 5.91 Å². The molecule has 4 aliphatic heterocycles. The first-order valence-corrected chi connectivity index (χ1v) is 10.9. The third-order valence-corrected chi connectivity index (χ3v) is 6.85. The minimum absolute atomic E-state index is 0.0895. The molecule has 1 amide bonds. The number of rotatable bonds is 4. The zero-order valence-corrected chi connectivity index (χ0v) is 16.9. The van der Waals surface area contributed by atoms with E-state index in [-0.39, 0.29) is 18.1 Å². The summed E-state index contributed by atoms with van der Waals surface area (Å²) in [5.74, 6) is 1.64. The lowest BCUT2D eigenvalue weighted by Crippen LogP contribution is -2.44. The summed E-state index contributed by atoms with van der Waals surface area (Å²) in [4.78, 5) is 15.8. The molecule has 2 aromatic rings. The van der Waals surface area contributed by atoms with Gasteiger partial charge >= 0.3 is 0 Å². The minimum Gasteiger partial charge on any atom is -0.491 e. The maximum atomic E-state index is 13.9. The van der Waals surface area contributed by atoms with E-state index in [0.29, 0.717) is 13.2 Å². The highest BCUT2D eigenvalue weighted by molar-refractivity contribution is 6.11. The number of hydrogen-bond acceptors (Lipinski definition) is 5. The van der Waals surface area contributed by atoms with Crippen LogP contribution in [-0.2, 0) is 14.9 Å². The number of fused-ring (bicyclic) bond motifs is 4. The van der Waals surface area contributed by atoms with Crippen molar-refractivity contribution in [3.8, 4) is 11.5 Å². The number of nitrogens with zero attached hydrogens (tertiary/aromatic N) is 1. The Kier molecular flexibility index (Phi) is 4.25. The Hall–Kier alpha value is -2.57. The van der Waals surface area contributed by atoms with E-state index in [9.17, 15) is 4.79 Å². The van der Waals surface area contributed by atoms with Crippen LogP contribution in [0.5, 0.6) is 11.5 Å². The number of carbonyl (C=O) groups is 1. The first-order valence-electron chi connectivity index (χ1n) is 10.9. The Bertz CT molecular complexity index is 981. The Morgan fingerprint density at radius 1 is 1.17 bits per heavy atom. The number of carbonyl (C=O) groups excluding carboxylic acids is 1. The van der Waals surface area contributed by atoms with Crippen molar-refractivity contribution in [3.63, 3.8) is 0 Å². The molecular formula is C24H26N2O4. The molecule has 0 saturated carbocycles. The van der Waals surface area contributed by atoms with Crippen molar-refractivity contribution in [2.45, 2.75) is 36.9 Å². The zero-order chi connectivity index (χ0) is 20.1. The van der Waals surface area contributed by atoms with E-state index < -0.39 is 5.41 Å². The van der Waals surface area contributed by atoms with E-state index in [2.05, 4.69) is 11.4 Å². The van der Waals surface area contributed by atoms with Gasteiger partial charge in [0, 0.05) is 30.5 Å². The van der Waals surface area contributed by atoms with Crippen molar-refractivity contribution < 1.29 is 19.0 Å². The van der Waals surface area contributed by atoms with Crippen molar-refractivity contribution in [3.05, 3.63) is 53.6 Å². The predicted octanol–water partition coefficient (Wildman–Crippen LogP) is 2.63. The van der Waals surface area contributed by atoms with Gasteiger partial charge in [-0.15, -0.1) is 0 Å². The van der Waals surface area contributed by atoms with Gasteiger partial charge in [0.25, 0.3) is 0 Å². The first kappa shape index (κ1) is 18.2. The fourth-order valence-corrected chi connectivity index (χ4v) is 5.33. The molecule has 1 spiro atoms. The second-order valence-electron chi connectivity index (χ2n) is 8.65. The predicted molar refractivity (Wildman–Crippen MR) is 112 cm³/mol. The first-order chi connectivity index (χ1) is 14.8. The van der Waals surface area contributed by atoms with Gasteiger partial charge in [-0.05, 0) is 43.5 Å². The van der Waals surface area contributed by atoms with Crippen LogP contribution >= 0.6 is 0 Å². The quantitative estimate of drug-likeness (QED) is 0.846. The summed E-state index contributed by atoms with van der Waals surface area (Å²) in [7, 11) is 0. The molecule has 0 aromatic heterocycles. The summed E-state index contributed by atoms with van der Waals surface area (Å²) >= 11 is 0. The molecule has 6 heteroatoms. The van der Waals surface area contributed by atoms with Gasteiger partial charge in [-0.25, -0.2) is 0 Å². The number of anilines is 1. The van der Waals surface area contributed by atoms with Crippen LogP contribution in [0.3, 0.4) is 0 Å². The third kappa shape index (κ3) is 2.67. The summed E-state index contributed by atoms with van der Waals surface area (Å²) in [5, 5.41) is 3.32. The molecule has 0 bridgehead atoms. The van der Waals surface area contributed by atoms with Gasteiger partial charge < -0.3 is 24.4 Å². The number of amides is 1. The van der Waals surface area contributed by atoms with Crippen LogP contribution in [-0.4, -0.2) is 51.0 Å². The van der Waals surface area contributed by atoms with E-state index in [1.165, 1.54) is 0 Å². The summed E-state index contributed by atoms with van der Waals surface area (Å²) in [6, 6.07) is 14.1. The second-order valence-corrected chi connectivity index (χ2v) is 8.65. The highest BCUT2D eigenvalue weighted by Crippen LogP contribution is 2.53. The molecule has 30 heavy (non-hydrogen) atoms. The van der Waals surface area contributed by atoms with Gasteiger partial charge in [0.05, 0.1) is 12.6 Å². The lowest BCUT2D eigenvalue weighted by atomic mass is 9.77. The van der Waals surface area contributed by atoms with Crippen molar-refractivity contribution in [2.75, 3.05) is 37.7 Å². The summed E-state index contributed by atoms with van der Waals surface area (Å²) in [5.41, 5.74) is 2.16. The highest BCUT2D eigenvalue weighted by atomic mass is 16.5. The molecule has 156 valence electrons. The average Bonchev–Trinajstić information content (AvgIpc) is 3.55. The van der Waals surface area contributed by atoms with Crippen LogP contribution in [0.15, 0.2) is 42.5 Å². The molecule has 2 fully saturated rings. The largest absolute Gasteiger partial charge is 0.491 e. The number of para-hydroxylation sites is 1. The molecular weight excluding hydrogens is 380 g/mol. The number of ether oxygens (including phenoxy) is 3. The van der Waals surface area contributed by atoms with Crippen LogP contribution < -0.4 is 19.7 Å². The molecule has 3 atom stereocenters. The summed E-state index contributed by atoms with van der Waals surface area (Å²) < 4.78 is 18.0. The van der Waals surface area contributed by atoms with E-state index in [4.69, 9.17) is 14.2 Å². The van der Waals surface area contributed by atoms with Gasteiger partial charge in [0.1, 0.15) is 29.6 Å². The maximum Gasteiger partial charge on any atom is 0.245 e. The Morgan fingerprint density at radius 3 is 2.93 bits per heavy atom. The van der Waals surface area contributed by atoms with Crippen LogP contribution in [0.1, 0.15) is 30.4 Å². The van der Waals surface area contributed by atoms with Crippen LogP contribution in [0.25, 0.3) is 0 Å². The number of benzene rings is 2. The molecule has 4 aliphatic rings. The molecule has 1 unspecified atom stereocenters. The normalized spacial score (nSPS) is 29.3. The van der Waals surface area contributed by atoms with Gasteiger partial charge in [0.15, 0.2) is 0 Å². The van der Waals surface area contributed by atoms with Crippen LogP contribution in [0, 0.1) is 0 Å². The average molecular weight is 406 g/mol. The zero-order valence-electron chi connectivity index (χ0n) is 16.9. The van der Waals surface area contributed by atoms with Gasteiger partial charge in [-0.2, -0.15) is 0 Å². The minimum atomic E-state index is -0.780. The Morgan fingerprint density at radius 2 is 2.10 bits per heavy atom. The fourth-order valence-electron chi connectivity index (χ4n) is 5.33. The number of nitrogens with one attached hydrogen (secondary N) is 1. The second kappa shape index (κ2) is 7.00. The summed E-state index contributed by atoms with van der Waals surface area (Å²) in [6.07, 6.45) is 3.36. The van der Waals surface area contributed by atoms with Crippen molar-refractivity contribution in [2.24, 2.45) is 0 Å². The smallest absolute Gasteiger partial charge is 0.245 e. The lowest BCUT2D eigenvalue weighted by molar-refractivity contribution is -0.122. The SMILES string of the molecule is O=C1N(C[C@H]2CCCO2)c2ccccc2C12COc1cc(O[C@@H]3CCNC3)ccc12. The Balaban J connectivity index is 1.36. The highest BCUT2D eigenvalue weighted by Gasteiger charge is 2.57. The Labute approximate surface area is 176 Å². The van der Waals surface area contributed by atoms with Gasteiger partial charge in [-0.1, -0.05) is 24.3 Å². The third-order valence-electron chi connectivity index (χ3n) is 6.85. The molecule has 0 radical (unpaired) electrons. The van der Waals surface area contributed by atoms with Crippen molar-refractivity contribution in [1.29, 1.82) is 0 Å². The molecule has 2 aromatic carbocycles. The molecule has 2 saturated heterocycles. The van der Waals surface area contributed by atoms with E-state index in [0.717, 1.165) is 67.3 Å². The molecule has 6 nitrogen and oxygen atoms in total. The van der Waals surface area contributed by atoms with E-state index in [1.807, 2.05) is 41.3 Å². The molecule has 6 rings (SSSR count). The van der Waals surface area contributed by atoms with Crippen molar-refractivity contribution in [1.82, 2.24) is 5.32 Å². The van der Waals surface area contributed by atoms with Crippen LogP contribution in [0.4, 0.5) is 5.69 Å². The molecule has 0 aliphatic carbocycles. The topological polar surface area (TPSA) is 60.0 Å². The van der Waals surface area contributed by atoms with Crippen molar-refractivity contribution >= 4 is 11.6 Å². The van der Waals surface area contributed by atoms with E-state index >= 15 is 0 Å². The van der Waals surface area contributed by atoms with E-state index in [1.54, 1.807) is 0 Å². The fraction of sp³-hybridized carbons (Fsp3) is 0.458. The van der Waals surface area contributed by atoms with Crippen LogP contribution in [0.2, 0.25) is 0 Å². The summed E-state index contributed by atoms with van der Waals surface area (Å²) in [6.45, 7) is 3.56. The standard InChI is InChI=1S/C24H26N2O4/c27-23-24(19-5-1-2-6-21(19)26(23)14-18-4-3-11-28-18)15-29-22-12-16(7-8-20(22)24)30-17-9-10-25-13-17/h1-2,5-8,12,17-18,25H,3-4,9-11,13-15H2/t17-,18-,24?/m1/s1. The van der Waals surface area contributed by atoms with Gasteiger partial charge in [-0.3, -0.25) is 4.79 Å². The monoisotopic (exact) mass is 406 g/mol. The number of hydrogen-bond donors (Lipinski definition) is 1.